The van der Waals surface area contributed by atoms with Gasteiger partial charge in [-0.15, -0.1) is 0 Å². The molecular formula is C27H35FN2O2. The second kappa shape index (κ2) is 13.9. The number of benzene rings is 2. The van der Waals surface area contributed by atoms with Crippen LogP contribution in [0.1, 0.15) is 52.7 Å². The smallest absolute Gasteiger partial charge is 0.211 e. The first-order chi connectivity index (χ1) is 15.3. The minimum atomic E-state index is -0.336. The molecular weight excluding hydrogens is 403 g/mol. The SMILES string of the molecule is C/C=C\C.CCOc1cc(F)ccc1/C(=C/c1ccc(NC)c(NC=O)c1)C(C)=C(C)C. The largest absolute Gasteiger partial charge is 0.493 e. The van der Waals surface area contributed by atoms with Crippen molar-refractivity contribution in [3.8, 4) is 5.75 Å². The standard InChI is InChI=1S/C23H27FN2O2.C4H8/c1-6-28-23-13-18(24)8-9-19(23)20(16(4)15(2)3)11-17-7-10-21(25-5)22(12-17)26-14-27;1-3-4-2/h7-14,25H,6H2,1-5H3,(H,26,27);3-4H,1-2H3/b20-11+;4-3-. The van der Waals surface area contributed by atoms with Crippen LogP contribution in [0.4, 0.5) is 15.8 Å². The third-order valence-electron chi connectivity index (χ3n) is 4.86. The van der Waals surface area contributed by atoms with Gasteiger partial charge in [0.2, 0.25) is 6.41 Å². The highest BCUT2D eigenvalue weighted by molar-refractivity contribution is 5.94. The van der Waals surface area contributed by atoms with Crippen molar-refractivity contribution in [1.82, 2.24) is 0 Å². The molecule has 0 aliphatic carbocycles. The van der Waals surface area contributed by atoms with Gasteiger partial charge in [0.15, 0.2) is 0 Å². The predicted octanol–water partition coefficient (Wildman–Crippen LogP) is 7.31. The topological polar surface area (TPSA) is 50.4 Å². The first-order valence-corrected chi connectivity index (χ1v) is 10.7. The molecule has 0 aliphatic rings. The molecule has 5 heteroatoms. The second-order valence-corrected chi connectivity index (χ2v) is 7.24. The van der Waals surface area contributed by atoms with E-state index in [9.17, 15) is 9.18 Å². The van der Waals surface area contributed by atoms with Gasteiger partial charge in [0, 0.05) is 18.7 Å². The summed E-state index contributed by atoms with van der Waals surface area (Å²) >= 11 is 0. The van der Waals surface area contributed by atoms with Crippen LogP contribution < -0.4 is 15.4 Å². The molecule has 0 saturated heterocycles. The van der Waals surface area contributed by atoms with Gasteiger partial charge in [0.05, 0.1) is 18.0 Å². The molecule has 2 rings (SSSR count). The van der Waals surface area contributed by atoms with Crippen LogP contribution in [0.2, 0.25) is 0 Å². The molecule has 0 aliphatic heterocycles. The number of hydrogen-bond donors (Lipinski definition) is 2. The Bertz CT molecular complexity index is 983. The van der Waals surface area contributed by atoms with Gasteiger partial charge in [-0.3, -0.25) is 4.79 Å². The third kappa shape index (κ3) is 7.73. The van der Waals surface area contributed by atoms with Crippen LogP contribution in [0.25, 0.3) is 11.6 Å². The Labute approximate surface area is 191 Å². The molecule has 2 aromatic carbocycles. The van der Waals surface area contributed by atoms with E-state index in [-0.39, 0.29) is 5.82 Å². The number of allylic oxidation sites excluding steroid dienone is 5. The number of carbonyl (C=O) groups is 1. The molecule has 2 aromatic rings. The lowest BCUT2D eigenvalue weighted by atomic mass is 9.93. The highest BCUT2D eigenvalue weighted by Crippen LogP contribution is 2.35. The highest BCUT2D eigenvalue weighted by Gasteiger charge is 2.14. The lowest BCUT2D eigenvalue weighted by molar-refractivity contribution is -0.105. The quantitative estimate of drug-likeness (QED) is 0.197. The third-order valence-corrected chi connectivity index (χ3v) is 4.86. The lowest BCUT2D eigenvalue weighted by Crippen LogP contribution is -2.01. The number of rotatable bonds is 8. The number of carbonyl (C=O) groups excluding carboxylic acids is 1. The van der Waals surface area contributed by atoms with E-state index in [1.807, 2.05) is 78.0 Å². The Morgan fingerprint density at radius 3 is 2.25 bits per heavy atom. The molecule has 0 heterocycles. The average molecular weight is 439 g/mol. The maximum atomic E-state index is 13.8. The van der Waals surface area contributed by atoms with E-state index in [0.717, 1.165) is 33.5 Å². The number of hydrogen-bond acceptors (Lipinski definition) is 3. The fourth-order valence-corrected chi connectivity index (χ4v) is 2.87. The Kier molecular flexibility index (Phi) is 11.6. The van der Waals surface area contributed by atoms with E-state index in [0.29, 0.717) is 24.5 Å². The Balaban J connectivity index is 0.00000118. The van der Waals surface area contributed by atoms with Crippen LogP contribution in [0.5, 0.6) is 5.75 Å². The zero-order valence-electron chi connectivity index (χ0n) is 20.2. The molecule has 0 spiro atoms. The van der Waals surface area contributed by atoms with Gasteiger partial charge in [-0.2, -0.15) is 0 Å². The zero-order valence-corrected chi connectivity index (χ0v) is 20.2. The Morgan fingerprint density at radius 2 is 1.72 bits per heavy atom. The van der Waals surface area contributed by atoms with Crippen molar-refractivity contribution >= 4 is 29.4 Å². The predicted molar refractivity (Wildman–Crippen MR) is 136 cm³/mol. The molecule has 2 N–H and O–H groups in total. The van der Waals surface area contributed by atoms with Crippen molar-refractivity contribution < 1.29 is 13.9 Å². The summed E-state index contributed by atoms with van der Waals surface area (Å²) in [7, 11) is 1.80. The van der Waals surface area contributed by atoms with E-state index in [2.05, 4.69) is 10.6 Å². The summed E-state index contributed by atoms with van der Waals surface area (Å²) in [4.78, 5) is 10.9. The van der Waals surface area contributed by atoms with Crippen LogP contribution in [-0.2, 0) is 4.79 Å². The molecule has 0 fully saturated rings. The fraction of sp³-hybridized carbons (Fsp3) is 0.296. The summed E-state index contributed by atoms with van der Waals surface area (Å²) in [5, 5.41) is 5.77. The van der Waals surface area contributed by atoms with Crippen molar-refractivity contribution in [2.75, 3.05) is 24.3 Å². The zero-order chi connectivity index (χ0) is 24.1. The lowest BCUT2D eigenvalue weighted by Gasteiger charge is -2.16. The second-order valence-electron chi connectivity index (χ2n) is 7.24. The van der Waals surface area contributed by atoms with Gasteiger partial charge < -0.3 is 15.4 Å². The van der Waals surface area contributed by atoms with E-state index in [1.165, 1.54) is 12.1 Å². The summed E-state index contributed by atoms with van der Waals surface area (Å²) in [5.41, 5.74) is 6.41. The molecule has 0 aromatic heterocycles. The van der Waals surface area contributed by atoms with Crippen LogP contribution in [-0.4, -0.2) is 20.1 Å². The van der Waals surface area contributed by atoms with Crippen molar-refractivity contribution in [2.24, 2.45) is 0 Å². The minimum absolute atomic E-state index is 0.336. The maximum absolute atomic E-state index is 13.8. The molecule has 1 amide bonds. The molecule has 0 atom stereocenters. The molecule has 0 saturated carbocycles. The van der Waals surface area contributed by atoms with Gasteiger partial charge in [0.1, 0.15) is 11.6 Å². The highest BCUT2D eigenvalue weighted by atomic mass is 19.1. The van der Waals surface area contributed by atoms with Crippen LogP contribution in [0.15, 0.2) is 59.7 Å². The number of nitrogens with one attached hydrogen (secondary N) is 2. The average Bonchev–Trinajstić information content (AvgIpc) is 2.78. The van der Waals surface area contributed by atoms with Gasteiger partial charge in [-0.25, -0.2) is 4.39 Å². The fourth-order valence-electron chi connectivity index (χ4n) is 2.87. The summed E-state index contributed by atoms with van der Waals surface area (Å²) in [6.07, 6.45) is 6.67. The van der Waals surface area contributed by atoms with Crippen LogP contribution in [0, 0.1) is 5.82 Å². The summed E-state index contributed by atoms with van der Waals surface area (Å²) in [6.45, 7) is 12.4. The van der Waals surface area contributed by atoms with E-state index >= 15 is 0 Å². The Hall–Kier alpha value is -3.34. The van der Waals surface area contributed by atoms with E-state index < -0.39 is 0 Å². The van der Waals surface area contributed by atoms with Crippen molar-refractivity contribution in [3.05, 3.63) is 76.6 Å². The summed E-state index contributed by atoms with van der Waals surface area (Å²) in [5.74, 6) is 0.171. The molecule has 172 valence electrons. The molecule has 0 bridgehead atoms. The Morgan fingerprint density at radius 1 is 1.03 bits per heavy atom. The molecule has 4 nitrogen and oxygen atoms in total. The maximum Gasteiger partial charge on any atom is 0.211 e. The van der Waals surface area contributed by atoms with Crippen molar-refractivity contribution in [3.63, 3.8) is 0 Å². The minimum Gasteiger partial charge on any atom is -0.493 e. The molecule has 0 unspecified atom stereocenters. The summed E-state index contributed by atoms with van der Waals surface area (Å²) in [6, 6.07) is 10.3. The number of amides is 1. The number of ether oxygens (including phenoxy) is 1. The van der Waals surface area contributed by atoms with Gasteiger partial charge in [-0.05, 0) is 88.6 Å². The van der Waals surface area contributed by atoms with E-state index in [1.54, 1.807) is 13.1 Å². The first kappa shape index (κ1) is 26.7. The molecule has 32 heavy (non-hydrogen) atoms. The summed E-state index contributed by atoms with van der Waals surface area (Å²) < 4.78 is 19.5. The number of halogens is 1. The van der Waals surface area contributed by atoms with Gasteiger partial charge >= 0.3 is 0 Å². The normalized spacial score (nSPS) is 10.8. The van der Waals surface area contributed by atoms with E-state index in [4.69, 9.17) is 4.74 Å². The number of anilines is 2. The van der Waals surface area contributed by atoms with Crippen molar-refractivity contribution in [2.45, 2.75) is 41.5 Å². The van der Waals surface area contributed by atoms with Gasteiger partial charge in [-0.1, -0.05) is 23.8 Å². The first-order valence-electron chi connectivity index (χ1n) is 10.7. The van der Waals surface area contributed by atoms with Crippen LogP contribution in [0.3, 0.4) is 0 Å². The molecule has 0 radical (unpaired) electrons. The monoisotopic (exact) mass is 438 g/mol. The van der Waals surface area contributed by atoms with Crippen molar-refractivity contribution in [1.29, 1.82) is 0 Å². The van der Waals surface area contributed by atoms with Gasteiger partial charge in [0.25, 0.3) is 0 Å². The van der Waals surface area contributed by atoms with Crippen LogP contribution >= 0.6 is 0 Å².